The standard InChI is InChI=1S/C33H43ClN8O8/c1-4-21(16-37)39-30(45)24-14-19-5-7-26(49-11-9-35)22(13-19)23-15-20(6-8-27(23)50-12-10-36)28(31(46)38-18(2)29(44)40-24)42(3)32(47)25(17-43)41-33(34)48/h5-8,13,15,18,21,24-25,28,43H,4,9-12,14,17,35-36H2,1-3H3,(H,38,46)(H,39,45)(H,40,44)(H,41,48)/t18-,21-,24-,25-,28-/m0/s1. The van der Waals surface area contributed by atoms with Gasteiger partial charge in [0.2, 0.25) is 23.6 Å². The van der Waals surface area contributed by atoms with Crippen LogP contribution in [0.2, 0.25) is 0 Å². The molecule has 0 unspecified atom stereocenters. The lowest BCUT2D eigenvalue weighted by Gasteiger charge is -2.32. The van der Waals surface area contributed by atoms with Crippen molar-refractivity contribution in [2.45, 2.75) is 56.9 Å². The van der Waals surface area contributed by atoms with E-state index < -0.39 is 65.8 Å². The summed E-state index contributed by atoms with van der Waals surface area (Å²) in [5.41, 5.74) is 13.2. The minimum absolute atomic E-state index is 0.00232. The molecule has 0 saturated carbocycles. The molecule has 1 heterocycles. The highest BCUT2D eigenvalue weighted by Gasteiger charge is 2.36. The number of nitrogens with two attached hydrogens (primary N) is 2. The zero-order valence-electron chi connectivity index (χ0n) is 28.0. The van der Waals surface area contributed by atoms with Gasteiger partial charge in [-0.3, -0.25) is 24.0 Å². The van der Waals surface area contributed by atoms with Crippen LogP contribution in [0.5, 0.6) is 11.5 Å². The maximum Gasteiger partial charge on any atom is 0.314 e. The van der Waals surface area contributed by atoms with E-state index in [4.69, 9.17) is 32.5 Å². The average molecular weight is 715 g/mol. The molecule has 2 aromatic carbocycles. The molecule has 0 spiro atoms. The fourth-order valence-electron chi connectivity index (χ4n) is 5.28. The predicted octanol–water partition coefficient (Wildman–Crippen LogP) is -0.199. The Hall–Kier alpha value is -4.95. The van der Waals surface area contributed by atoms with Crippen LogP contribution in [-0.2, 0) is 25.6 Å². The van der Waals surface area contributed by atoms with Gasteiger partial charge in [0, 0.05) is 37.7 Å². The summed E-state index contributed by atoms with van der Waals surface area (Å²) in [4.78, 5) is 67.1. The van der Waals surface area contributed by atoms with Gasteiger partial charge in [0.1, 0.15) is 54.9 Å². The summed E-state index contributed by atoms with van der Waals surface area (Å²) in [6.45, 7) is 2.97. The van der Waals surface area contributed by atoms with Crippen LogP contribution in [0.1, 0.15) is 37.4 Å². The normalized spacial score (nSPS) is 18.6. The molecular formula is C33H43ClN8O8. The summed E-state index contributed by atoms with van der Waals surface area (Å²) >= 11 is 5.43. The van der Waals surface area contributed by atoms with Crippen LogP contribution in [-0.4, -0.2) is 103 Å². The Morgan fingerprint density at radius 1 is 1.04 bits per heavy atom. The van der Waals surface area contributed by atoms with Gasteiger partial charge in [-0.15, -0.1) is 0 Å². The minimum atomic E-state index is -1.49. The van der Waals surface area contributed by atoms with E-state index in [9.17, 15) is 34.3 Å². The summed E-state index contributed by atoms with van der Waals surface area (Å²) in [6.07, 6.45) is 0.325. The quantitative estimate of drug-likeness (QED) is 0.106. The van der Waals surface area contributed by atoms with Gasteiger partial charge < -0.3 is 52.2 Å². The second-order valence-electron chi connectivity index (χ2n) is 11.5. The molecule has 0 aliphatic carbocycles. The average Bonchev–Trinajstić information content (AvgIpc) is 3.10. The first-order chi connectivity index (χ1) is 23.9. The Morgan fingerprint density at radius 3 is 2.22 bits per heavy atom. The number of benzene rings is 2. The van der Waals surface area contributed by atoms with Crippen molar-refractivity contribution in [3.05, 3.63) is 47.5 Å². The largest absolute Gasteiger partial charge is 0.492 e. The molecule has 50 heavy (non-hydrogen) atoms. The molecule has 4 bridgehead atoms. The fourth-order valence-corrected chi connectivity index (χ4v) is 5.41. The Labute approximate surface area is 294 Å². The zero-order valence-corrected chi connectivity index (χ0v) is 28.8. The van der Waals surface area contributed by atoms with Gasteiger partial charge >= 0.3 is 5.37 Å². The van der Waals surface area contributed by atoms with E-state index in [0.29, 0.717) is 34.6 Å². The van der Waals surface area contributed by atoms with Crippen LogP contribution in [0, 0.1) is 11.3 Å². The number of amides is 5. The maximum absolute atomic E-state index is 14.0. The molecule has 16 nitrogen and oxygen atoms in total. The number of fused-ring (bicyclic) bond motifs is 5. The first-order valence-electron chi connectivity index (χ1n) is 16.0. The van der Waals surface area contributed by atoms with E-state index in [2.05, 4.69) is 21.3 Å². The van der Waals surface area contributed by atoms with Gasteiger partial charge in [0.25, 0.3) is 0 Å². The number of likely N-dealkylation sites (N-methyl/N-ethyl adjacent to an activating group) is 1. The number of ether oxygens (including phenoxy) is 2. The number of nitrogens with one attached hydrogen (secondary N) is 4. The molecule has 0 radical (unpaired) electrons. The number of hydrogen-bond acceptors (Lipinski definition) is 11. The van der Waals surface area contributed by atoms with Crippen molar-refractivity contribution >= 4 is 40.6 Å². The number of nitriles is 1. The van der Waals surface area contributed by atoms with Crippen LogP contribution in [0.25, 0.3) is 11.1 Å². The molecule has 3 rings (SSSR count). The second-order valence-corrected chi connectivity index (χ2v) is 11.8. The Kier molecular flexibility index (Phi) is 14.8. The lowest BCUT2D eigenvalue weighted by Crippen LogP contribution is -2.56. The number of carbonyl (C=O) groups excluding carboxylic acids is 5. The first kappa shape index (κ1) is 39.5. The third kappa shape index (κ3) is 10.0. The molecule has 2 aromatic rings. The predicted molar refractivity (Wildman–Crippen MR) is 183 cm³/mol. The first-order valence-corrected chi connectivity index (χ1v) is 16.3. The van der Waals surface area contributed by atoms with Crippen molar-refractivity contribution in [2.24, 2.45) is 11.5 Å². The van der Waals surface area contributed by atoms with Gasteiger partial charge in [-0.2, -0.15) is 5.26 Å². The number of aliphatic hydroxyl groups excluding tert-OH is 1. The summed E-state index contributed by atoms with van der Waals surface area (Å²) in [5, 5.41) is 28.3. The molecular weight excluding hydrogens is 672 g/mol. The van der Waals surface area contributed by atoms with Crippen LogP contribution in [0.4, 0.5) is 4.79 Å². The van der Waals surface area contributed by atoms with Gasteiger partial charge in [0.05, 0.1) is 12.7 Å². The van der Waals surface area contributed by atoms with Crippen molar-refractivity contribution in [1.82, 2.24) is 26.2 Å². The smallest absolute Gasteiger partial charge is 0.314 e. The lowest BCUT2D eigenvalue weighted by molar-refractivity contribution is -0.142. The van der Waals surface area contributed by atoms with E-state index in [1.54, 1.807) is 43.3 Å². The van der Waals surface area contributed by atoms with Crippen molar-refractivity contribution < 1.29 is 38.6 Å². The van der Waals surface area contributed by atoms with Crippen molar-refractivity contribution in [3.63, 3.8) is 0 Å². The lowest BCUT2D eigenvalue weighted by atomic mass is 9.93. The van der Waals surface area contributed by atoms with Crippen LogP contribution in [0.15, 0.2) is 36.4 Å². The summed E-state index contributed by atoms with van der Waals surface area (Å²) in [6, 6.07) is 5.79. The number of nitrogens with zero attached hydrogens (tertiary/aromatic N) is 2. The summed E-state index contributed by atoms with van der Waals surface area (Å²) in [5.74, 6) is -2.26. The van der Waals surface area contributed by atoms with Gasteiger partial charge in [-0.1, -0.05) is 19.1 Å². The molecule has 17 heteroatoms. The van der Waals surface area contributed by atoms with Crippen LogP contribution >= 0.6 is 11.6 Å². The van der Waals surface area contributed by atoms with Gasteiger partial charge in [0.15, 0.2) is 0 Å². The van der Waals surface area contributed by atoms with Crippen molar-refractivity contribution in [2.75, 3.05) is 40.0 Å². The molecule has 5 atom stereocenters. The van der Waals surface area contributed by atoms with E-state index in [1.165, 1.54) is 14.0 Å². The number of aliphatic hydroxyl groups is 1. The highest BCUT2D eigenvalue weighted by molar-refractivity contribution is 6.63. The highest BCUT2D eigenvalue weighted by Crippen LogP contribution is 2.40. The zero-order chi connectivity index (χ0) is 37.0. The monoisotopic (exact) mass is 714 g/mol. The van der Waals surface area contributed by atoms with Crippen molar-refractivity contribution in [3.8, 4) is 28.7 Å². The number of hydrogen-bond donors (Lipinski definition) is 7. The molecule has 0 aromatic heterocycles. The number of halogens is 1. The topological polar surface area (TPSA) is 251 Å². The molecule has 9 N–H and O–H groups in total. The van der Waals surface area contributed by atoms with E-state index in [0.717, 1.165) is 4.90 Å². The fraction of sp³-hybridized carbons (Fsp3) is 0.455. The molecule has 5 amide bonds. The van der Waals surface area contributed by atoms with Gasteiger partial charge in [-0.25, -0.2) is 0 Å². The third-order valence-electron chi connectivity index (χ3n) is 7.86. The van der Waals surface area contributed by atoms with Crippen LogP contribution < -0.4 is 42.2 Å². The Balaban J connectivity index is 2.31. The molecule has 0 fully saturated rings. The summed E-state index contributed by atoms with van der Waals surface area (Å²) in [7, 11) is 1.29. The second kappa shape index (κ2) is 18.7. The highest BCUT2D eigenvalue weighted by atomic mass is 35.5. The summed E-state index contributed by atoms with van der Waals surface area (Å²) < 4.78 is 12.0. The minimum Gasteiger partial charge on any atom is -0.492 e. The van der Waals surface area contributed by atoms with E-state index in [1.807, 2.05) is 6.07 Å². The number of carbonyl (C=O) groups is 5. The molecule has 270 valence electrons. The van der Waals surface area contributed by atoms with E-state index in [-0.39, 0.29) is 38.3 Å². The van der Waals surface area contributed by atoms with E-state index >= 15 is 0 Å². The number of rotatable bonds is 13. The molecule has 1 aliphatic heterocycles. The Bertz CT molecular complexity index is 1600. The maximum atomic E-state index is 14.0. The Morgan fingerprint density at radius 2 is 1.66 bits per heavy atom. The molecule has 1 aliphatic rings. The SMILES string of the molecule is CC[C@@H](C#N)NC(=O)[C@@H]1Cc2ccc(OCCN)c(c2)-c2cc(ccc2OCCN)[C@H](N(C)C(=O)[C@H](CO)NC(=O)Cl)C(=O)N[C@@H](C)C(=O)N1. The molecule has 0 saturated heterocycles. The van der Waals surface area contributed by atoms with Crippen LogP contribution in [0.3, 0.4) is 0 Å². The van der Waals surface area contributed by atoms with Gasteiger partial charge in [-0.05, 0) is 60.3 Å². The van der Waals surface area contributed by atoms with Crippen molar-refractivity contribution in [1.29, 1.82) is 5.26 Å². The third-order valence-corrected chi connectivity index (χ3v) is 7.97.